The van der Waals surface area contributed by atoms with Gasteiger partial charge in [-0.2, -0.15) is 0 Å². The topological polar surface area (TPSA) is 43.8 Å². The maximum Gasteiger partial charge on any atom is 0.201 e. The fourth-order valence-electron chi connectivity index (χ4n) is 3.39. The molecule has 2 atom stereocenters. The van der Waals surface area contributed by atoms with Gasteiger partial charge in [0.15, 0.2) is 5.82 Å². The third-order valence-corrected chi connectivity index (χ3v) is 4.44. The molecular formula is C15H19F2N3. The highest BCUT2D eigenvalue weighted by molar-refractivity contribution is 5.79. The number of aromatic nitrogens is 2. The fourth-order valence-corrected chi connectivity index (χ4v) is 3.39. The van der Waals surface area contributed by atoms with E-state index in [0.717, 1.165) is 31.7 Å². The fraction of sp³-hybridized carbons (Fsp3) is 0.533. The average Bonchev–Trinajstić information content (AvgIpc) is 2.75. The summed E-state index contributed by atoms with van der Waals surface area (Å²) in [5, 5.41) is 0. The monoisotopic (exact) mass is 279 g/mol. The van der Waals surface area contributed by atoms with Gasteiger partial charge in [-0.25, -0.2) is 13.8 Å². The second-order valence-corrected chi connectivity index (χ2v) is 5.69. The predicted molar refractivity (Wildman–Crippen MR) is 75.3 cm³/mol. The Morgan fingerprint density at radius 3 is 2.90 bits per heavy atom. The number of nitrogen functional groups attached to an aromatic ring is 1. The van der Waals surface area contributed by atoms with Gasteiger partial charge in [-0.15, -0.1) is 0 Å². The standard InChI is InChI=1S/C15H19F2N3/c1-2-9-4-3-5-11(6-9)20-13-8-10(16)7-12(17)14(13)19-15(20)18/h7-9,11H,2-6H2,1H3,(H2,18,19). The van der Waals surface area contributed by atoms with Crippen molar-refractivity contribution < 1.29 is 8.78 Å². The van der Waals surface area contributed by atoms with E-state index in [1.54, 1.807) is 0 Å². The van der Waals surface area contributed by atoms with Gasteiger partial charge in [0.2, 0.25) is 5.95 Å². The summed E-state index contributed by atoms with van der Waals surface area (Å²) in [5.41, 5.74) is 6.60. The van der Waals surface area contributed by atoms with Crippen LogP contribution in [0.25, 0.3) is 11.0 Å². The molecule has 3 nitrogen and oxygen atoms in total. The first-order valence-electron chi connectivity index (χ1n) is 7.22. The molecule has 0 aliphatic heterocycles. The van der Waals surface area contributed by atoms with Gasteiger partial charge in [-0.05, 0) is 18.8 Å². The number of hydrogen-bond donors (Lipinski definition) is 1. The molecule has 1 aliphatic carbocycles. The third-order valence-electron chi connectivity index (χ3n) is 4.44. The van der Waals surface area contributed by atoms with Gasteiger partial charge in [0.25, 0.3) is 0 Å². The van der Waals surface area contributed by atoms with E-state index in [1.807, 2.05) is 4.57 Å². The van der Waals surface area contributed by atoms with Crippen LogP contribution in [0.5, 0.6) is 0 Å². The van der Waals surface area contributed by atoms with Crippen molar-refractivity contribution in [1.82, 2.24) is 9.55 Å². The number of rotatable bonds is 2. The Balaban J connectivity index is 2.08. The molecule has 108 valence electrons. The van der Waals surface area contributed by atoms with Crippen LogP contribution in [0.2, 0.25) is 0 Å². The molecule has 5 heteroatoms. The maximum absolute atomic E-state index is 13.8. The van der Waals surface area contributed by atoms with Crippen molar-refractivity contribution in [3.05, 3.63) is 23.8 Å². The highest BCUT2D eigenvalue weighted by Crippen LogP contribution is 2.37. The molecule has 1 fully saturated rings. The number of fused-ring (bicyclic) bond motifs is 1. The first kappa shape index (κ1) is 13.3. The van der Waals surface area contributed by atoms with E-state index in [2.05, 4.69) is 11.9 Å². The summed E-state index contributed by atoms with van der Waals surface area (Å²) >= 11 is 0. The summed E-state index contributed by atoms with van der Waals surface area (Å²) in [6, 6.07) is 2.38. The zero-order chi connectivity index (χ0) is 14.3. The second kappa shape index (κ2) is 5.04. The lowest BCUT2D eigenvalue weighted by molar-refractivity contribution is 0.267. The lowest BCUT2D eigenvalue weighted by atomic mass is 9.84. The number of imidazole rings is 1. The summed E-state index contributed by atoms with van der Waals surface area (Å²) in [7, 11) is 0. The highest BCUT2D eigenvalue weighted by Gasteiger charge is 2.26. The Hall–Kier alpha value is -1.65. The lowest BCUT2D eigenvalue weighted by Crippen LogP contribution is -2.20. The average molecular weight is 279 g/mol. The number of halogens is 2. The summed E-state index contributed by atoms with van der Waals surface area (Å²) < 4.78 is 29.1. The minimum Gasteiger partial charge on any atom is -0.369 e. The van der Waals surface area contributed by atoms with Gasteiger partial charge in [0, 0.05) is 18.2 Å². The minimum absolute atomic E-state index is 0.169. The van der Waals surface area contributed by atoms with E-state index in [0.29, 0.717) is 11.4 Å². The van der Waals surface area contributed by atoms with Crippen molar-refractivity contribution in [2.75, 3.05) is 5.73 Å². The molecule has 2 unspecified atom stereocenters. The van der Waals surface area contributed by atoms with E-state index in [4.69, 9.17) is 5.73 Å². The summed E-state index contributed by atoms with van der Waals surface area (Å²) in [5.74, 6) is -0.289. The Morgan fingerprint density at radius 2 is 2.15 bits per heavy atom. The molecule has 2 N–H and O–H groups in total. The zero-order valence-corrected chi connectivity index (χ0v) is 11.6. The highest BCUT2D eigenvalue weighted by atomic mass is 19.1. The van der Waals surface area contributed by atoms with Gasteiger partial charge in [0.05, 0.1) is 5.52 Å². The van der Waals surface area contributed by atoms with Gasteiger partial charge >= 0.3 is 0 Å². The van der Waals surface area contributed by atoms with Crippen LogP contribution >= 0.6 is 0 Å². The van der Waals surface area contributed by atoms with Crippen LogP contribution in [0.15, 0.2) is 12.1 Å². The van der Waals surface area contributed by atoms with E-state index < -0.39 is 11.6 Å². The molecule has 3 rings (SSSR count). The molecule has 0 spiro atoms. The Bertz CT molecular complexity index is 636. The summed E-state index contributed by atoms with van der Waals surface area (Å²) in [6.45, 7) is 2.18. The Labute approximate surface area is 116 Å². The van der Waals surface area contributed by atoms with Gasteiger partial charge in [-0.3, -0.25) is 0 Å². The van der Waals surface area contributed by atoms with E-state index in [-0.39, 0.29) is 17.5 Å². The number of nitrogens with zero attached hydrogens (tertiary/aromatic N) is 2. The van der Waals surface area contributed by atoms with Crippen LogP contribution in [-0.4, -0.2) is 9.55 Å². The van der Waals surface area contributed by atoms with Crippen LogP contribution < -0.4 is 5.73 Å². The van der Waals surface area contributed by atoms with Crippen LogP contribution in [0.3, 0.4) is 0 Å². The van der Waals surface area contributed by atoms with Crippen LogP contribution in [0.4, 0.5) is 14.7 Å². The van der Waals surface area contributed by atoms with Crippen LogP contribution in [0.1, 0.15) is 45.1 Å². The number of hydrogen-bond acceptors (Lipinski definition) is 2. The molecule has 1 aromatic carbocycles. The molecule has 0 saturated heterocycles. The number of anilines is 1. The molecule has 1 heterocycles. The largest absolute Gasteiger partial charge is 0.369 e. The normalized spacial score (nSPS) is 23.4. The van der Waals surface area contributed by atoms with Crippen molar-refractivity contribution in [2.45, 2.75) is 45.1 Å². The lowest BCUT2D eigenvalue weighted by Gasteiger charge is -2.30. The molecule has 2 aromatic rings. The molecule has 1 aliphatic rings. The number of nitrogens with two attached hydrogens (primary N) is 1. The number of benzene rings is 1. The van der Waals surface area contributed by atoms with Crippen molar-refractivity contribution in [2.24, 2.45) is 5.92 Å². The first-order chi connectivity index (χ1) is 9.60. The van der Waals surface area contributed by atoms with Crippen molar-refractivity contribution in [1.29, 1.82) is 0 Å². The quantitative estimate of drug-likeness (QED) is 0.901. The van der Waals surface area contributed by atoms with Crippen molar-refractivity contribution >= 4 is 17.0 Å². The third kappa shape index (κ3) is 2.15. The zero-order valence-electron chi connectivity index (χ0n) is 11.6. The SMILES string of the molecule is CCC1CCCC(n2c(N)nc3c(F)cc(F)cc32)C1. The smallest absolute Gasteiger partial charge is 0.201 e. The van der Waals surface area contributed by atoms with E-state index >= 15 is 0 Å². The Kier molecular flexibility index (Phi) is 3.36. The molecule has 0 amide bonds. The van der Waals surface area contributed by atoms with E-state index in [1.165, 1.54) is 12.5 Å². The van der Waals surface area contributed by atoms with Gasteiger partial charge in [0.1, 0.15) is 11.3 Å². The van der Waals surface area contributed by atoms with Gasteiger partial charge < -0.3 is 10.3 Å². The molecule has 0 bridgehead atoms. The predicted octanol–water partition coefficient (Wildman–Crippen LogP) is 4.04. The van der Waals surface area contributed by atoms with Crippen LogP contribution in [0, 0.1) is 17.6 Å². The molecule has 1 aromatic heterocycles. The molecule has 1 saturated carbocycles. The van der Waals surface area contributed by atoms with E-state index in [9.17, 15) is 8.78 Å². The minimum atomic E-state index is -0.645. The molecule has 20 heavy (non-hydrogen) atoms. The second-order valence-electron chi connectivity index (χ2n) is 5.69. The maximum atomic E-state index is 13.8. The van der Waals surface area contributed by atoms with Crippen LogP contribution in [-0.2, 0) is 0 Å². The summed E-state index contributed by atoms with van der Waals surface area (Å²) in [4.78, 5) is 4.08. The van der Waals surface area contributed by atoms with Crippen molar-refractivity contribution in [3.8, 4) is 0 Å². The summed E-state index contributed by atoms with van der Waals surface area (Å²) in [6.07, 6.45) is 5.47. The van der Waals surface area contributed by atoms with Crippen molar-refractivity contribution in [3.63, 3.8) is 0 Å². The van der Waals surface area contributed by atoms with Gasteiger partial charge in [-0.1, -0.05) is 26.2 Å². The Morgan fingerprint density at radius 1 is 1.35 bits per heavy atom. The molecular weight excluding hydrogens is 260 g/mol. The first-order valence-corrected chi connectivity index (χ1v) is 7.22. The molecule has 0 radical (unpaired) electrons.